The summed E-state index contributed by atoms with van der Waals surface area (Å²) in [6.45, 7) is 4.46. The van der Waals surface area contributed by atoms with Crippen molar-refractivity contribution >= 4 is 0 Å². The van der Waals surface area contributed by atoms with E-state index in [2.05, 4.69) is 23.8 Å². The van der Waals surface area contributed by atoms with Crippen LogP contribution in [-0.4, -0.2) is 28.8 Å². The SMILES string of the molecule is COc1nc(CCCO)cnc1CC(C)C. The molecule has 0 saturated carbocycles. The molecule has 4 heteroatoms. The molecular formula is C12H20N2O2. The van der Waals surface area contributed by atoms with Crippen molar-refractivity contribution in [2.45, 2.75) is 33.1 Å². The van der Waals surface area contributed by atoms with Crippen LogP contribution in [0.3, 0.4) is 0 Å². The average molecular weight is 224 g/mol. The van der Waals surface area contributed by atoms with Crippen molar-refractivity contribution in [3.8, 4) is 5.88 Å². The minimum absolute atomic E-state index is 0.178. The molecule has 1 rings (SSSR count). The van der Waals surface area contributed by atoms with E-state index in [9.17, 15) is 0 Å². The summed E-state index contributed by atoms with van der Waals surface area (Å²) in [5, 5.41) is 8.75. The summed E-state index contributed by atoms with van der Waals surface area (Å²) < 4.78 is 5.23. The second-order valence-electron chi connectivity index (χ2n) is 4.24. The third kappa shape index (κ3) is 3.77. The Kier molecular flexibility index (Phi) is 5.19. The highest BCUT2D eigenvalue weighted by Gasteiger charge is 2.09. The first kappa shape index (κ1) is 12.9. The summed E-state index contributed by atoms with van der Waals surface area (Å²) in [7, 11) is 1.61. The lowest BCUT2D eigenvalue weighted by Gasteiger charge is -2.10. The molecule has 1 aromatic rings. The Balaban J connectivity index is 2.79. The van der Waals surface area contributed by atoms with E-state index in [1.54, 1.807) is 13.3 Å². The maximum atomic E-state index is 8.75. The maximum Gasteiger partial charge on any atom is 0.235 e. The standard InChI is InChI=1S/C12H20N2O2/c1-9(2)7-11-12(16-3)14-10(8-13-11)5-4-6-15/h8-9,15H,4-7H2,1-3H3. The zero-order valence-electron chi connectivity index (χ0n) is 10.2. The number of aromatic nitrogens is 2. The van der Waals surface area contributed by atoms with Gasteiger partial charge in [-0.3, -0.25) is 4.98 Å². The highest BCUT2D eigenvalue weighted by molar-refractivity contribution is 5.20. The van der Waals surface area contributed by atoms with E-state index in [0.29, 0.717) is 18.2 Å². The molecule has 0 amide bonds. The van der Waals surface area contributed by atoms with Gasteiger partial charge in [0.15, 0.2) is 0 Å². The highest BCUT2D eigenvalue weighted by atomic mass is 16.5. The molecule has 0 saturated heterocycles. The van der Waals surface area contributed by atoms with Crippen molar-refractivity contribution in [1.82, 2.24) is 9.97 Å². The Hall–Kier alpha value is -1.16. The highest BCUT2D eigenvalue weighted by Crippen LogP contribution is 2.17. The number of aryl methyl sites for hydroxylation is 1. The Bertz CT molecular complexity index is 327. The quantitative estimate of drug-likeness (QED) is 0.797. The van der Waals surface area contributed by atoms with Crippen molar-refractivity contribution in [3.05, 3.63) is 17.6 Å². The van der Waals surface area contributed by atoms with Crippen molar-refractivity contribution in [2.24, 2.45) is 5.92 Å². The number of hydrogen-bond donors (Lipinski definition) is 1. The normalized spacial score (nSPS) is 10.8. The first-order valence-corrected chi connectivity index (χ1v) is 5.67. The zero-order chi connectivity index (χ0) is 12.0. The lowest BCUT2D eigenvalue weighted by molar-refractivity contribution is 0.287. The minimum atomic E-state index is 0.178. The van der Waals surface area contributed by atoms with Crippen LogP contribution in [0.15, 0.2) is 6.20 Å². The molecule has 0 spiro atoms. The largest absolute Gasteiger partial charge is 0.480 e. The van der Waals surface area contributed by atoms with Crippen LogP contribution in [0.4, 0.5) is 0 Å². The van der Waals surface area contributed by atoms with Crippen molar-refractivity contribution in [1.29, 1.82) is 0 Å². The predicted octanol–water partition coefficient (Wildman–Crippen LogP) is 1.61. The van der Waals surface area contributed by atoms with Gasteiger partial charge in [-0.25, -0.2) is 4.98 Å². The van der Waals surface area contributed by atoms with E-state index < -0.39 is 0 Å². The van der Waals surface area contributed by atoms with Crippen LogP contribution >= 0.6 is 0 Å². The predicted molar refractivity (Wildman–Crippen MR) is 62.5 cm³/mol. The molecule has 1 heterocycles. The molecular weight excluding hydrogens is 204 g/mol. The van der Waals surface area contributed by atoms with Crippen molar-refractivity contribution < 1.29 is 9.84 Å². The topological polar surface area (TPSA) is 55.2 Å². The van der Waals surface area contributed by atoms with Gasteiger partial charge in [0.05, 0.1) is 12.8 Å². The molecule has 0 fully saturated rings. The van der Waals surface area contributed by atoms with Crippen molar-refractivity contribution in [2.75, 3.05) is 13.7 Å². The third-order valence-corrected chi connectivity index (χ3v) is 2.25. The molecule has 0 atom stereocenters. The van der Waals surface area contributed by atoms with Gasteiger partial charge in [0, 0.05) is 12.8 Å². The fraction of sp³-hybridized carbons (Fsp3) is 0.667. The summed E-state index contributed by atoms with van der Waals surface area (Å²) in [6, 6.07) is 0. The lowest BCUT2D eigenvalue weighted by atomic mass is 10.1. The van der Waals surface area contributed by atoms with Gasteiger partial charge in [0.2, 0.25) is 5.88 Å². The third-order valence-electron chi connectivity index (χ3n) is 2.25. The molecule has 0 bridgehead atoms. The summed E-state index contributed by atoms with van der Waals surface area (Å²) in [4.78, 5) is 8.76. The van der Waals surface area contributed by atoms with Crippen LogP contribution in [0.2, 0.25) is 0 Å². The Labute approximate surface area is 96.7 Å². The summed E-state index contributed by atoms with van der Waals surface area (Å²) in [5.74, 6) is 1.15. The lowest BCUT2D eigenvalue weighted by Crippen LogP contribution is -2.05. The van der Waals surface area contributed by atoms with E-state index in [0.717, 1.165) is 24.2 Å². The number of hydrogen-bond acceptors (Lipinski definition) is 4. The fourth-order valence-electron chi connectivity index (χ4n) is 1.50. The van der Waals surface area contributed by atoms with Gasteiger partial charge >= 0.3 is 0 Å². The molecule has 0 aliphatic rings. The average Bonchev–Trinajstić information content (AvgIpc) is 2.27. The van der Waals surface area contributed by atoms with Crippen LogP contribution < -0.4 is 4.74 Å². The Morgan fingerprint density at radius 3 is 2.75 bits per heavy atom. The minimum Gasteiger partial charge on any atom is -0.480 e. The summed E-state index contributed by atoms with van der Waals surface area (Å²) >= 11 is 0. The molecule has 16 heavy (non-hydrogen) atoms. The van der Waals surface area contributed by atoms with Gasteiger partial charge in [0.25, 0.3) is 0 Å². The fourth-order valence-corrected chi connectivity index (χ4v) is 1.50. The van der Waals surface area contributed by atoms with E-state index in [-0.39, 0.29) is 6.61 Å². The molecule has 0 aromatic carbocycles. The van der Waals surface area contributed by atoms with Gasteiger partial charge in [-0.05, 0) is 25.2 Å². The summed E-state index contributed by atoms with van der Waals surface area (Å²) in [5.41, 5.74) is 1.78. The Morgan fingerprint density at radius 1 is 1.44 bits per heavy atom. The molecule has 1 aromatic heterocycles. The van der Waals surface area contributed by atoms with E-state index in [1.807, 2.05) is 0 Å². The molecule has 0 radical (unpaired) electrons. The number of methoxy groups -OCH3 is 1. The van der Waals surface area contributed by atoms with Gasteiger partial charge in [-0.2, -0.15) is 0 Å². The molecule has 0 unspecified atom stereocenters. The number of aliphatic hydroxyl groups is 1. The van der Waals surface area contributed by atoms with E-state index in [1.165, 1.54) is 0 Å². The van der Waals surface area contributed by atoms with Crippen LogP contribution in [0.25, 0.3) is 0 Å². The number of rotatable bonds is 6. The first-order chi connectivity index (χ1) is 7.67. The number of aliphatic hydroxyl groups excluding tert-OH is 1. The molecule has 1 N–H and O–H groups in total. The smallest absolute Gasteiger partial charge is 0.235 e. The molecule has 90 valence electrons. The van der Waals surface area contributed by atoms with Gasteiger partial charge in [-0.1, -0.05) is 13.8 Å². The second-order valence-corrected chi connectivity index (χ2v) is 4.24. The van der Waals surface area contributed by atoms with Gasteiger partial charge < -0.3 is 9.84 Å². The molecule has 0 aliphatic carbocycles. The number of ether oxygens (including phenoxy) is 1. The van der Waals surface area contributed by atoms with Crippen LogP contribution in [0, 0.1) is 5.92 Å². The monoisotopic (exact) mass is 224 g/mol. The van der Waals surface area contributed by atoms with E-state index >= 15 is 0 Å². The summed E-state index contributed by atoms with van der Waals surface area (Å²) in [6.07, 6.45) is 4.09. The van der Waals surface area contributed by atoms with Gasteiger partial charge in [0.1, 0.15) is 5.69 Å². The van der Waals surface area contributed by atoms with E-state index in [4.69, 9.17) is 9.84 Å². The second kappa shape index (κ2) is 6.43. The van der Waals surface area contributed by atoms with Crippen LogP contribution in [-0.2, 0) is 12.8 Å². The first-order valence-electron chi connectivity index (χ1n) is 5.67. The maximum absolute atomic E-state index is 8.75. The van der Waals surface area contributed by atoms with Crippen LogP contribution in [0.1, 0.15) is 31.7 Å². The molecule has 4 nitrogen and oxygen atoms in total. The zero-order valence-corrected chi connectivity index (χ0v) is 10.2. The number of nitrogens with zero attached hydrogens (tertiary/aromatic N) is 2. The van der Waals surface area contributed by atoms with Crippen LogP contribution in [0.5, 0.6) is 5.88 Å². The van der Waals surface area contributed by atoms with Crippen molar-refractivity contribution in [3.63, 3.8) is 0 Å². The van der Waals surface area contributed by atoms with Gasteiger partial charge in [-0.15, -0.1) is 0 Å². The molecule has 0 aliphatic heterocycles. The Morgan fingerprint density at radius 2 is 2.19 bits per heavy atom.